The molecular formula is C22H30F2N2O3. The monoisotopic (exact) mass is 408 g/mol. The van der Waals surface area contributed by atoms with E-state index in [4.69, 9.17) is 4.74 Å². The molecule has 5 nitrogen and oxygen atoms in total. The fraction of sp³-hybridized carbons (Fsp3) is 0.636. The first-order chi connectivity index (χ1) is 13.9. The largest absolute Gasteiger partial charge is 0.449 e. The van der Waals surface area contributed by atoms with Gasteiger partial charge >= 0.3 is 6.09 Å². The molecule has 2 heterocycles. The fourth-order valence-corrected chi connectivity index (χ4v) is 4.30. The van der Waals surface area contributed by atoms with Crippen LogP contribution in [0.2, 0.25) is 0 Å². The second-order valence-corrected chi connectivity index (χ2v) is 8.34. The van der Waals surface area contributed by atoms with Crippen LogP contribution in [0.5, 0.6) is 0 Å². The number of carbonyl (C=O) groups excluding carboxylic acids is 2. The van der Waals surface area contributed by atoms with Gasteiger partial charge in [0.15, 0.2) is 0 Å². The third-order valence-corrected chi connectivity index (χ3v) is 6.28. The number of hydrogen-bond donors (Lipinski definition) is 0. The Hall–Kier alpha value is -2.18. The molecule has 0 saturated carbocycles. The van der Waals surface area contributed by atoms with Crippen LogP contribution in [0.1, 0.15) is 61.4 Å². The summed E-state index contributed by atoms with van der Waals surface area (Å²) in [5, 5.41) is 0. The minimum Gasteiger partial charge on any atom is -0.449 e. The molecule has 3 rings (SSSR count). The first-order valence-corrected chi connectivity index (χ1v) is 10.5. The molecule has 0 atom stereocenters. The van der Waals surface area contributed by atoms with E-state index in [1.54, 1.807) is 4.90 Å². The van der Waals surface area contributed by atoms with Gasteiger partial charge in [-0.15, -0.1) is 0 Å². The van der Waals surface area contributed by atoms with Gasteiger partial charge in [-0.25, -0.2) is 13.6 Å². The highest BCUT2D eigenvalue weighted by atomic mass is 19.1. The Bertz CT molecular complexity index is 761. The van der Waals surface area contributed by atoms with Crippen LogP contribution in [0.25, 0.3) is 0 Å². The standard InChI is InChI=1S/C22H30F2N2O3/c1-3-4-5-14-29-21(28)26-13-10-22(15-26)8-11-25(12-9-22)20(27)18-17(23)7-6-16(2)19(18)24/h6-7H,3-5,8-15H2,1-2H3. The molecule has 1 aromatic rings. The molecule has 0 N–H and O–H groups in total. The molecule has 0 aliphatic carbocycles. The van der Waals surface area contributed by atoms with Gasteiger partial charge in [0.25, 0.3) is 5.91 Å². The summed E-state index contributed by atoms with van der Waals surface area (Å²) in [5.74, 6) is -2.20. The van der Waals surface area contributed by atoms with Crippen LogP contribution < -0.4 is 0 Å². The zero-order chi connectivity index (χ0) is 21.0. The lowest BCUT2D eigenvalue weighted by atomic mass is 9.77. The molecule has 2 aliphatic heterocycles. The molecule has 7 heteroatoms. The van der Waals surface area contributed by atoms with Crippen LogP contribution in [0.15, 0.2) is 12.1 Å². The zero-order valence-electron chi connectivity index (χ0n) is 17.3. The summed E-state index contributed by atoms with van der Waals surface area (Å²) in [6.07, 6.45) is 5.04. The molecule has 1 spiro atoms. The number of hydrogen-bond acceptors (Lipinski definition) is 3. The number of halogens is 2. The number of nitrogens with zero attached hydrogens (tertiary/aromatic N) is 2. The number of likely N-dealkylation sites (tertiary alicyclic amines) is 2. The van der Waals surface area contributed by atoms with Crippen molar-refractivity contribution in [2.24, 2.45) is 5.41 Å². The topological polar surface area (TPSA) is 49.9 Å². The summed E-state index contributed by atoms with van der Waals surface area (Å²) >= 11 is 0. The summed E-state index contributed by atoms with van der Waals surface area (Å²) in [5.41, 5.74) is -0.250. The van der Waals surface area contributed by atoms with Gasteiger partial charge in [0.2, 0.25) is 0 Å². The maximum Gasteiger partial charge on any atom is 0.409 e. The quantitative estimate of drug-likeness (QED) is 0.673. The van der Waals surface area contributed by atoms with Gasteiger partial charge in [0.05, 0.1) is 6.61 Å². The molecule has 29 heavy (non-hydrogen) atoms. The molecule has 2 amide bonds. The molecule has 2 fully saturated rings. The summed E-state index contributed by atoms with van der Waals surface area (Å²) in [7, 11) is 0. The average molecular weight is 408 g/mol. The average Bonchev–Trinajstić information content (AvgIpc) is 3.12. The minimum absolute atomic E-state index is 0.0388. The highest BCUT2D eigenvalue weighted by Gasteiger charge is 2.43. The molecule has 0 unspecified atom stereocenters. The normalized spacial score (nSPS) is 18.3. The van der Waals surface area contributed by atoms with E-state index in [2.05, 4.69) is 6.92 Å². The number of piperidine rings is 1. The summed E-state index contributed by atoms with van der Waals surface area (Å²) < 4.78 is 33.7. The Morgan fingerprint density at radius 1 is 1.07 bits per heavy atom. The van der Waals surface area contributed by atoms with Crippen LogP contribution in [0.4, 0.5) is 13.6 Å². The van der Waals surface area contributed by atoms with Crippen molar-refractivity contribution in [2.75, 3.05) is 32.8 Å². The van der Waals surface area contributed by atoms with Crippen molar-refractivity contribution in [1.82, 2.24) is 9.80 Å². The number of ether oxygens (including phenoxy) is 1. The van der Waals surface area contributed by atoms with Crippen molar-refractivity contribution in [3.8, 4) is 0 Å². The molecule has 0 aromatic heterocycles. The molecule has 1 aromatic carbocycles. The first-order valence-electron chi connectivity index (χ1n) is 10.5. The van der Waals surface area contributed by atoms with Gasteiger partial charge in [0, 0.05) is 26.2 Å². The number of rotatable bonds is 5. The van der Waals surface area contributed by atoms with Crippen molar-refractivity contribution >= 4 is 12.0 Å². The highest BCUT2D eigenvalue weighted by molar-refractivity contribution is 5.95. The van der Waals surface area contributed by atoms with Crippen molar-refractivity contribution in [3.63, 3.8) is 0 Å². The van der Waals surface area contributed by atoms with Crippen LogP contribution in [0, 0.1) is 24.0 Å². The maximum atomic E-state index is 14.3. The molecule has 0 bridgehead atoms. The molecule has 160 valence electrons. The second kappa shape index (κ2) is 9.09. The lowest BCUT2D eigenvalue weighted by Crippen LogP contribution is -2.45. The van der Waals surface area contributed by atoms with Crippen molar-refractivity contribution in [3.05, 3.63) is 34.9 Å². The second-order valence-electron chi connectivity index (χ2n) is 8.34. The van der Waals surface area contributed by atoms with E-state index in [-0.39, 0.29) is 17.1 Å². The Labute approximate surface area is 171 Å². The number of carbonyl (C=O) groups is 2. The predicted octanol–water partition coefficient (Wildman–Crippen LogP) is 4.53. The van der Waals surface area contributed by atoms with Crippen LogP contribution >= 0.6 is 0 Å². The first kappa shape index (κ1) is 21.5. The van der Waals surface area contributed by atoms with E-state index < -0.39 is 23.1 Å². The van der Waals surface area contributed by atoms with Gasteiger partial charge in [-0.3, -0.25) is 4.79 Å². The number of unbranched alkanes of at least 4 members (excludes halogenated alkanes) is 2. The number of aryl methyl sites for hydroxylation is 1. The van der Waals surface area contributed by atoms with Crippen molar-refractivity contribution in [1.29, 1.82) is 0 Å². The fourth-order valence-electron chi connectivity index (χ4n) is 4.30. The molecule has 2 saturated heterocycles. The maximum absolute atomic E-state index is 14.3. The molecule has 0 radical (unpaired) electrons. The van der Waals surface area contributed by atoms with Gasteiger partial charge in [0.1, 0.15) is 17.2 Å². The van der Waals surface area contributed by atoms with Crippen LogP contribution in [-0.4, -0.2) is 54.6 Å². The summed E-state index contributed by atoms with van der Waals surface area (Å²) in [6, 6.07) is 2.47. The molecule has 2 aliphatic rings. The van der Waals surface area contributed by atoms with E-state index in [1.807, 2.05) is 0 Å². The smallest absolute Gasteiger partial charge is 0.409 e. The lowest BCUT2D eigenvalue weighted by Gasteiger charge is -2.39. The van der Waals surface area contributed by atoms with E-state index >= 15 is 0 Å². The third kappa shape index (κ3) is 4.70. The molecular weight excluding hydrogens is 378 g/mol. The third-order valence-electron chi connectivity index (χ3n) is 6.28. The van der Waals surface area contributed by atoms with Crippen LogP contribution in [0.3, 0.4) is 0 Å². The highest BCUT2D eigenvalue weighted by Crippen LogP contribution is 2.41. The number of amides is 2. The minimum atomic E-state index is -0.823. The van der Waals surface area contributed by atoms with Gasteiger partial charge in [-0.05, 0) is 49.7 Å². The van der Waals surface area contributed by atoms with Crippen molar-refractivity contribution < 1.29 is 23.1 Å². The van der Waals surface area contributed by atoms with E-state index in [0.29, 0.717) is 45.6 Å². The summed E-state index contributed by atoms with van der Waals surface area (Å²) in [4.78, 5) is 28.2. The van der Waals surface area contributed by atoms with E-state index in [1.165, 1.54) is 17.9 Å². The Balaban J connectivity index is 1.55. The Morgan fingerprint density at radius 3 is 2.38 bits per heavy atom. The van der Waals surface area contributed by atoms with E-state index in [9.17, 15) is 18.4 Å². The zero-order valence-corrected chi connectivity index (χ0v) is 17.3. The van der Waals surface area contributed by atoms with Gasteiger partial charge in [-0.1, -0.05) is 25.8 Å². The summed E-state index contributed by atoms with van der Waals surface area (Å²) in [6.45, 7) is 6.22. The lowest BCUT2D eigenvalue weighted by molar-refractivity contribution is 0.0564. The van der Waals surface area contributed by atoms with Gasteiger partial charge in [-0.2, -0.15) is 0 Å². The van der Waals surface area contributed by atoms with Gasteiger partial charge < -0.3 is 14.5 Å². The van der Waals surface area contributed by atoms with Crippen molar-refractivity contribution in [2.45, 2.75) is 52.4 Å². The van der Waals surface area contributed by atoms with E-state index in [0.717, 1.165) is 31.7 Å². The van der Waals surface area contributed by atoms with Crippen LogP contribution in [-0.2, 0) is 4.74 Å². The Kier molecular flexibility index (Phi) is 6.75. The SMILES string of the molecule is CCCCCOC(=O)N1CCC2(CCN(C(=O)c3c(F)ccc(C)c3F)CC2)C1. The predicted molar refractivity (Wildman–Crippen MR) is 106 cm³/mol. The Morgan fingerprint density at radius 2 is 1.72 bits per heavy atom. The number of benzene rings is 1.